The summed E-state index contributed by atoms with van der Waals surface area (Å²) in [4.78, 5) is 4.54. The van der Waals surface area contributed by atoms with Crippen molar-refractivity contribution in [2.45, 2.75) is 16.4 Å². The van der Waals surface area contributed by atoms with E-state index in [9.17, 15) is 0 Å². The summed E-state index contributed by atoms with van der Waals surface area (Å²) in [7, 11) is 0. The molecule has 2 aliphatic heterocycles. The van der Waals surface area contributed by atoms with Gasteiger partial charge in [0, 0.05) is 6.20 Å². The maximum Gasteiger partial charge on any atom is 0.161 e. The zero-order valence-corrected chi connectivity index (χ0v) is 13.3. The molecule has 5 N–H and O–H groups in total. The van der Waals surface area contributed by atoms with Crippen LogP contribution in [0.4, 0.5) is 0 Å². The van der Waals surface area contributed by atoms with Crippen LogP contribution in [-0.4, -0.2) is 29.9 Å². The van der Waals surface area contributed by atoms with Crippen LogP contribution in [0.25, 0.3) is 0 Å². The van der Waals surface area contributed by atoms with Gasteiger partial charge in [-0.25, -0.2) is 0 Å². The Bertz CT molecular complexity index is 714. The van der Waals surface area contributed by atoms with E-state index in [1.54, 1.807) is 18.0 Å². The summed E-state index contributed by atoms with van der Waals surface area (Å²) < 4.78 is 10.8. The molecular weight excluding hydrogens is 312 g/mol. The van der Waals surface area contributed by atoms with Crippen LogP contribution in [0.5, 0.6) is 11.5 Å². The molecule has 0 aliphatic carbocycles. The first-order valence-electron chi connectivity index (χ1n) is 7.47. The Hall–Kier alpha value is -1.80. The van der Waals surface area contributed by atoms with Gasteiger partial charge in [0.25, 0.3) is 0 Å². The molecular formula is C16H18N4O2S. The minimum absolute atomic E-state index is 0.264. The number of nitrogens with zero attached hydrogens (tertiary/aromatic N) is 1. The molecule has 120 valence electrons. The van der Waals surface area contributed by atoms with E-state index in [0.29, 0.717) is 13.2 Å². The van der Waals surface area contributed by atoms with Gasteiger partial charge in [0.05, 0.1) is 11.9 Å². The number of nitrogens with one attached hydrogen (secondary N) is 1. The van der Waals surface area contributed by atoms with Crippen molar-refractivity contribution in [2.75, 3.05) is 13.2 Å². The van der Waals surface area contributed by atoms with E-state index < -0.39 is 4.75 Å². The van der Waals surface area contributed by atoms with Crippen LogP contribution in [0, 0.1) is 0 Å². The number of nitrogens with two attached hydrogens (primary N) is 2. The average molecular weight is 330 g/mol. The van der Waals surface area contributed by atoms with E-state index >= 15 is 0 Å². The summed E-state index contributed by atoms with van der Waals surface area (Å²) in [6.45, 7) is 1.11. The first-order valence-corrected chi connectivity index (χ1v) is 8.35. The monoisotopic (exact) mass is 330 g/mol. The van der Waals surface area contributed by atoms with E-state index in [2.05, 4.69) is 10.3 Å². The van der Waals surface area contributed by atoms with Gasteiger partial charge in [0.15, 0.2) is 11.5 Å². The molecule has 3 unspecified atom stereocenters. The Morgan fingerprint density at radius 1 is 1.13 bits per heavy atom. The lowest BCUT2D eigenvalue weighted by molar-refractivity contribution is 0.171. The molecule has 1 saturated heterocycles. The molecule has 0 bridgehead atoms. The molecule has 23 heavy (non-hydrogen) atoms. The smallest absolute Gasteiger partial charge is 0.161 e. The van der Waals surface area contributed by atoms with Crippen LogP contribution in [0.1, 0.15) is 11.3 Å². The molecule has 1 fully saturated rings. The second-order valence-electron chi connectivity index (χ2n) is 5.49. The van der Waals surface area contributed by atoms with Gasteiger partial charge in [0.2, 0.25) is 0 Å². The summed E-state index contributed by atoms with van der Waals surface area (Å²) in [6.07, 6.45) is 1.41. The van der Waals surface area contributed by atoms with Gasteiger partial charge in [-0.15, -0.1) is 11.8 Å². The average Bonchev–Trinajstić information content (AvgIpc) is 2.90. The van der Waals surface area contributed by atoms with Gasteiger partial charge in [-0.3, -0.25) is 10.3 Å². The summed E-state index contributed by atoms with van der Waals surface area (Å²) in [5.74, 6) is 1.49. The summed E-state index contributed by atoms with van der Waals surface area (Å²) >= 11 is 1.56. The Balaban J connectivity index is 1.86. The van der Waals surface area contributed by atoms with Crippen molar-refractivity contribution in [3.05, 3.63) is 53.9 Å². The van der Waals surface area contributed by atoms with Crippen molar-refractivity contribution in [1.82, 2.24) is 10.3 Å². The number of thioether (sulfide) groups is 1. The van der Waals surface area contributed by atoms with Crippen molar-refractivity contribution in [2.24, 2.45) is 11.5 Å². The third kappa shape index (κ3) is 2.36. The number of aromatic nitrogens is 1. The minimum atomic E-state index is -0.573. The highest BCUT2D eigenvalue weighted by molar-refractivity contribution is 8.01. The van der Waals surface area contributed by atoms with E-state index in [-0.39, 0.29) is 11.7 Å². The van der Waals surface area contributed by atoms with Crippen molar-refractivity contribution < 1.29 is 9.47 Å². The maximum atomic E-state index is 6.42. The normalized spacial score (nSPS) is 29.5. The van der Waals surface area contributed by atoms with Gasteiger partial charge >= 0.3 is 0 Å². The highest BCUT2D eigenvalue weighted by Crippen LogP contribution is 2.50. The number of rotatable bonds is 2. The molecule has 0 amide bonds. The maximum absolute atomic E-state index is 6.42. The molecule has 2 aliphatic rings. The molecule has 1 aromatic heterocycles. The van der Waals surface area contributed by atoms with E-state index in [1.165, 1.54) is 0 Å². The molecule has 0 saturated carbocycles. The van der Waals surface area contributed by atoms with Crippen LogP contribution >= 0.6 is 11.8 Å². The molecule has 1 aromatic carbocycles. The Labute approximate surface area is 138 Å². The third-order valence-electron chi connectivity index (χ3n) is 4.11. The standard InChI is InChI=1S/C16H18N4O2S/c17-14-16(23-15(18)20-14,13-3-1-2-6-19-13)10-4-5-11-12(9-10)22-8-7-21-11/h1-6,9,14-15,20H,7-8,17-18H2. The largest absolute Gasteiger partial charge is 0.486 e. The second kappa shape index (κ2) is 5.68. The first-order chi connectivity index (χ1) is 11.2. The van der Waals surface area contributed by atoms with Crippen LogP contribution in [0.3, 0.4) is 0 Å². The zero-order valence-electron chi connectivity index (χ0n) is 12.4. The highest BCUT2D eigenvalue weighted by atomic mass is 32.2. The fourth-order valence-corrected chi connectivity index (χ4v) is 4.41. The SMILES string of the molecule is NC1NC(N)C(c2ccc3c(c2)OCCO3)(c2ccccn2)S1. The van der Waals surface area contributed by atoms with Gasteiger partial charge in [0.1, 0.15) is 23.5 Å². The minimum Gasteiger partial charge on any atom is -0.486 e. The summed E-state index contributed by atoms with van der Waals surface area (Å²) in [5, 5.41) is 3.19. The van der Waals surface area contributed by atoms with Crippen LogP contribution in [0.15, 0.2) is 42.6 Å². The first kappa shape index (κ1) is 14.8. The highest BCUT2D eigenvalue weighted by Gasteiger charge is 2.49. The Kier molecular flexibility index (Phi) is 3.65. The van der Waals surface area contributed by atoms with Gasteiger partial charge in [-0.1, -0.05) is 12.1 Å². The van der Waals surface area contributed by atoms with Crippen LogP contribution in [0.2, 0.25) is 0 Å². The van der Waals surface area contributed by atoms with E-state index in [0.717, 1.165) is 22.8 Å². The quantitative estimate of drug-likeness (QED) is 0.755. The predicted octanol–water partition coefficient (Wildman–Crippen LogP) is 0.960. The lowest BCUT2D eigenvalue weighted by Crippen LogP contribution is -2.49. The van der Waals surface area contributed by atoms with Crippen molar-refractivity contribution in [1.29, 1.82) is 0 Å². The molecule has 6 nitrogen and oxygen atoms in total. The molecule has 0 radical (unpaired) electrons. The molecule has 7 heteroatoms. The van der Waals surface area contributed by atoms with Gasteiger partial charge in [-0.05, 0) is 29.8 Å². The van der Waals surface area contributed by atoms with Gasteiger partial charge in [-0.2, -0.15) is 0 Å². The topological polar surface area (TPSA) is 95.4 Å². The van der Waals surface area contributed by atoms with Crippen molar-refractivity contribution in [3.8, 4) is 11.5 Å². The van der Waals surface area contributed by atoms with E-state index in [4.69, 9.17) is 20.9 Å². The number of hydrogen-bond donors (Lipinski definition) is 3. The number of pyridine rings is 1. The number of benzene rings is 1. The lowest BCUT2D eigenvalue weighted by Gasteiger charge is -2.32. The summed E-state index contributed by atoms with van der Waals surface area (Å²) in [6, 6.07) is 11.7. The fourth-order valence-electron chi connectivity index (χ4n) is 3.07. The van der Waals surface area contributed by atoms with Crippen LogP contribution < -0.4 is 26.3 Å². The molecule has 2 aromatic rings. The van der Waals surface area contributed by atoms with Crippen molar-refractivity contribution in [3.63, 3.8) is 0 Å². The number of hydrogen-bond acceptors (Lipinski definition) is 7. The Morgan fingerprint density at radius 3 is 2.65 bits per heavy atom. The second-order valence-corrected chi connectivity index (χ2v) is 6.88. The predicted molar refractivity (Wildman–Crippen MR) is 89.1 cm³/mol. The fraction of sp³-hybridized carbons (Fsp3) is 0.312. The molecule has 3 atom stereocenters. The number of fused-ring (bicyclic) bond motifs is 1. The molecule has 4 rings (SSSR count). The molecule has 3 heterocycles. The Morgan fingerprint density at radius 2 is 1.96 bits per heavy atom. The zero-order chi connectivity index (χ0) is 15.9. The third-order valence-corrected chi connectivity index (χ3v) is 5.57. The number of ether oxygens (including phenoxy) is 2. The lowest BCUT2D eigenvalue weighted by atomic mass is 9.90. The van der Waals surface area contributed by atoms with Crippen molar-refractivity contribution >= 4 is 11.8 Å². The molecule has 0 spiro atoms. The van der Waals surface area contributed by atoms with Crippen LogP contribution in [-0.2, 0) is 4.75 Å². The van der Waals surface area contributed by atoms with Gasteiger partial charge < -0.3 is 20.9 Å². The summed E-state index contributed by atoms with van der Waals surface area (Å²) in [5.41, 5.74) is 14.1. The van der Waals surface area contributed by atoms with E-state index in [1.807, 2.05) is 36.4 Å².